The van der Waals surface area contributed by atoms with Crippen LogP contribution in [-0.4, -0.2) is 24.1 Å². The summed E-state index contributed by atoms with van der Waals surface area (Å²) in [6.45, 7) is 14.8. The molecule has 0 radical (unpaired) electrons. The first-order chi connectivity index (χ1) is 8.91. The van der Waals surface area contributed by atoms with Gasteiger partial charge in [-0.25, -0.2) is 0 Å². The number of benzene rings is 1. The maximum absolute atomic E-state index is 6.15. The number of allylic oxidation sites excluding steroid dienone is 1. The van der Waals surface area contributed by atoms with Crippen molar-refractivity contribution in [3.8, 4) is 5.75 Å². The minimum atomic E-state index is 0.118. The molecular weight excluding hydrogens is 234 g/mol. The highest BCUT2D eigenvalue weighted by Gasteiger charge is 2.30. The lowest BCUT2D eigenvalue weighted by molar-refractivity contribution is 0.0412. The molecule has 1 aliphatic heterocycles. The van der Waals surface area contributed by atoms with E-state index in [9.17, 15) is 0 Å². The maximum atomic E-state index is 6.15. The summed E-state index contributed by atoms with van der Waals surface area (Å²) in [7, 11) is 0. The quantitative estimate of drug-likeness (QED) is 0.811. The number of likely N-dealkylation sites (tertiary alicyclic amines) is 1. The minimum Gasteiger partial charge on any atom is -0.486 e. The lowest BCUT2D eigenvalue weighted by Gasteiger charge is -2.42. The smallest absolute Gasteiger partial charge is 0.133 e. The van der Waals surface area contributed by atoms with Crippen LogP contribution in [0.1, 0.15) is 39.7 Å². The van der Waals surface area contributed by atoms with Crippen molar-refractivity contribution in [3.63, 3.8) is 0 Å². The van der Waals surface area contributed by atoms with Crippen molar-refractivity contribution >= 4 is 0 Å². The first kappa shape index (κ1) is 14.0. The lowest BCUT2D eigenvalue weighted by atomic mass is 9.86. The zero-order chi connectivity index (χ0) is 14.0. The number of para-hydroxylation sites is 1. The van der Waals surface area contributed by atoms with Gasteiger partial charge in [-0.15, -0.1) is 0 Å². The molecule has 19 heavy (non-hydrogen) atoms. The van der Waals surface area contributed by atoms with Crippen molar-refractivity contribution in [3.05, 3.63) is 42.1 Å². The van der Waals surface area contributed by atoms with Crippen molar-refractivity contribution in [2.75, 3.05) is 13.1 Å². The van der Waals surface area contributed by atoms with E-state index in [1.165, 1.54) is 11.3 Å². The van der Waals surface area contributed by atoms with Gasteiger partial charge in [0.25, 0.3) is 0 Å². The van der Waals surface area contributed by atoms with E-state index in [4.69, 9.17) is 4.74 Å². The number of ether oxygens (including phenoxy) is 1. The van der Waals surface area contributed by atoms with Crippen LogP contribution in [0.4, 0.5) is 0 Å². The molecule has 0 aliphatic carbocycles. The van der Waals surface area contributed by atoms with Crippen molar-refractivity contribution in [1.82, 2.24) is 4.90 Å². The minimum absolute atomic E-state index is 0.118. The second-order valence-electron chi connectivity index (χ2n) is 6.31. The van der Waals surface area contributed by atoms with Gasteiger partial charge in [0.05, 0.1) is 13.1 Å². The van der Waals surface area contributed by atoms with Crippen LogP contribution in [0.3, 0.4) is 0 Å². The van der Waals surface area contributed by atoms with Gasteiger partial charge < -0.3 is 9.64 Å². The van der Waals surface area contributed by atoms with E-state index in [0.29, 0.717) is 6.10 Å². The van der Waals surface area contributed by atoms with Crippen molar-refractivity contribution in [2.45, 2.75) is 45.6 Å². The highest BCUT2D eigenvalue weighted by atomic mass is 16.5. The molecule has 0 bridgehead atoms. The highest BCUT2D eigenvalue weighted by molar-refractivity contribution is 5.38. The molecule has 1 fully saturated rings. The van der Waals surface area contributed by atoms with Gasteiger partial charge in [0, 0.05) is 5.70 Å². The number of nitrogens with zero attached hydrogens (tertiary/aromatic N) is 1. The summed E-state index contributed by atoms with van der Waals surface area (Å²) in [5.41, 5.74) is 2.61. The van der Waals surface area contributed by atoms with Crippen molar-refractivity contribution in [2.24, 2.45) is 0 Å². The lowest BCUT2D eigenvalue weighted by Crippen LogP contribution is -2.52. The Morgan fingerprint density at radius 1 is 1.32 bits per heavy atom. The Balaban J connectivity index is 2.00. The Bertz CT molecular complexity index is 453. The molecule has 0 atom stereocenters. The average Bonchev–Trinajstić information content (AvgIpc) is 2.31. The molecule has 0 unspecified atom stereocenters. The molecule has 1 aromatic carbocycles. The van der Waals surface area contributed by atoms with Crippen LogP contribution in [0, 0.1) is 0 Å². The summed E-state index contributed by atoms with van der Waals surface area (Å²) in [5, 5.41) is 0. The summed E-state index contributed by atoms with van der Waals surface area (Å²) >= 11 is 0. The number of hydrogen-bond acceptors (Lipinski definition) is 2. The van der Waals surface area contributed by atoms with Gasteiger partial charge in [-0.05, 0) is 23.5 Å². The fourth-order valence-corrected chi connectivity index (χ4v) is 2.36. The molecular formula is C17H25NO. The second-order valence-corrected chi connectivity index (χ2v) is 6.31. The van der Waals surface area contributed by atoms with E-state index in [1.54, 1.807) is 0 Å². The first-order valence-corrected chi connectivity index (χ1v) is 7.10. The predicted octanol–water partition coefficient (Wildman–Crippen LogP) is 3.97. The molecule has 2 rings (SSSR count). The van der Waals surface area contributed by atoms with Gasteiger partial charge in [-0.3, -0.25) is 0 Å². The number of rotatable bonds is 4. The largest absolute Gasteiger partial charge is 0.486 e. The third-order valence-corrected chi connectivity index (χ3v) is 3.69. The van der Waals surface area contributed by atoms with Crippen molar-refractivity contribution in [1.29, 1.82) is 0 Å². The molecule has 0 spiro atoms. The third-order valence-electron chi connectivity index (χ3n) is 3.69. The second kappa shape index (κ2) is 5.28. The average molecular weight is 259 g/mol. The Kier molecular flexibility index (Phi) is 3.88. The summed E-state index contributed by atoms with van der Waals surface area (Å²) < 4.78 is 6.15. The normalized spacial score (nSPS) is 16.1. The number of hydrogen-bond donors (Lipinski definition) is 0. The van der Waals surface area contributed by atoms with E-state index in [1.807, 2.05) is 6.07 Å². The van der Waals surface area contributed by atoms with Crippen LogP contribution in [0.25, 0.3) is 0 Å². The van der Waals surface area contributed by atoms with E-state index in [0.717, 1.165) is 25.3 Å². The summed E-state index contributed by atoms with van der Waals surface area (Å²) in [6, 6.07) is 8.38. The van der Waals surface area contributed by atoms with Crippen LogP contribution in [0.2, 0.25) is 0 Å². The van der Waals surface area contributed by atoms with E-state index < -0.39 is 0 Å². The maximum Gasteiger partial charge on any atom is 0.133 e. The van der Waals surface area contributed by atoms with Gasteiger partial charge in [-0.1, -0.05) is 52.5 Å². The fourth-order valence-electron chi connectivity index (χ4n) is 2.36. The van der Waals surface area contributed by atoms with Gasteiger partial charge in [0.15, 0.2) is 0 Å². The fraction of sp³-hybridized carbons (Fsp3) is 0.529. The Morgan fingerprint density at radius 2 is 1.95 bits per heavy atom. The Hall–Kier alpha value is -1.44. The highest BCUT2D eigenvalue weighted by Crippen LogP contribution is 2.32. The Morgan fingerprint density at radius 3 is 2.53 bits per heavy atom. The van der Waals surface area contributed by atoms with Gasteiger partial charge >= 0.3 is 0 Å². The summed E-state index contributed by atoms with van der Waals surface area (Å²) in [6.07, 6.45) is 1.32. The first-order valence-electron chi connectivity index (χ1n) is 7.10. The van der Waals surface area contributed by atoms with E-state index in [-0.39, 0.29) is 5.41 Å². The SMILES string of the molecule is C=C(CC)N1CC(Oc2ccccc2C(C)(C)C)C1. The molecule has 1 aliphatic rings. The molecule has 1 saturated heterocycles. The van der Waals surface area contributed by atoms with Crippen LogP contribution in [0.5, 0.6) is 5.75 Å². The molecule has 1 aromatic rings. The molecule has 2 heteroatoms. The zero-order valence-corrected chi connectivity index (χ0v) is 12.6. The van der Waals surface area contributed by atoms with Crippen LogP contribution < -0.4 is 4.74 Å². The standard InChI is InChI=1S/C17H25NO/c1-6-13(2)18-11-14(12-18)19-16-10-8-7-9-15(16)17(3,4)5/h7-10,14H,2,6,11-12H2,1,3-5H3. The van der Waals surface area contributed by atoms with Crippen LogP contribution >= 0.6 is 0 Å². The third kappa shape index (κ3) is 3.12. The van der Waals surface area contributed by atoms with Crippen LogP contribution in [-0.2, 0) is 5.41 Å². The molecule has 1 heterocycles. The molecule has 0 aromatic heterocycles. The topological polar surface area (TPSA) is 12.5 Å². The van der Waals surface area contributed by atoms with Crippen molar-refractivity contribution < 1.29 is 4.74 Å². The summed E-state index contributed by atoms with van der Waals surface area (Å²) in [4.78, 5) is 2.30. The Labute approximate surface area is 117 Å². The van der Waals surface area contributed by atoms with Gasteiger partial charge in [0.2, 0.25) is 0 Å². The zero-order valence-electron chi connectivity index (χ0n) is 12.6. The molecule has 0 N–H and O–H groups in total. The van der Waals surface area contributed by atoms with Gasteiger partial charge in [0.1, 0.15) is 11.9 Å². The molecule has 0 amide bonds. The summed E-state index contributed by atoms with van der Waals surface area (Å²) in [5.74, 6) is 1.03. The molecule has 2 nitrogen and oxygen atoms in total. The monoisotopic (exact) mass is 259 g/mol. The van der Waals surface area contributed by atoms with E-state index in [2.05, 4.69) is 57.4 Å². The molecule has 104 valence electrons. The molecule has 0 saturated carbocycles. The van der Waals surface area contributed by atoms with Crippen LogP contribution in [0.15, 0.2) is 36.5 Å². The van der Waals surface area contributed by atoms with E-state index >= 15 is 0 Å². The van der Waals surface area contributed by atoms with Gasteiger partial charge in [-0.2, -0.15) is 0 Å². The predicted molar refractivity (Wildman–Crippen MR) is 80.6 cm³/mol.